The summed E-state index contributed by atoms with van der Waals surface area (Å²) in [5.41, 5.74) is -0.616. The summed E-state index contributed by atoms with van der Waals surface area (Å²) >= 11 is 0. The standard InChI is InChI=1S/C10H13NO3/c1-7-9(14)10(11(7)6-12)4-2-8(13)3-5-10/h6-7H,2-5H2,1H3. The molecule has 1 atom stereocenters. The molecule has 2 fully saturated rings. The fourth-order valence-corrected chi connectivity index (χ4v) is 2.59. The number of nitrogens with zero attached hydrogens (tertiary/aromatic N) is 1. The van der Waals surface area contributed by atoms with E-state index in [9.17, 15) is 14.4 Å². The van der Waals surface area contributed by atoms with Gasteiger partial charge in [-0.25, -0.2) is 0 Å². The summed E-state index contributed by atoms with van der Waals surface area (Å²) in [6.07, 6.45) is 2.65. The average molecular weight is 195 g/mol. The molecule has 1 amide bonds. The summed E-state index contributed by atoms with van der Waals surface area (Å²) in [7, 11) is 0. The highest BCUT2D eigenvalue weighted by molar-refractivity contribution is 6.03. The van der Waals surface area contributed by atoms with E-state index >= 15 is 0 Å². The van der Waals surface area contributed by atoms with Gasteiger partial charge < -0.3 is 4.90 Å². The van der Waals surface area contributed by atoms with Crippen molar-refractivity contribution in [3.05, 3.63) is 0 Å². The molecular formula is C10H13NO3. The van der Waals surface area contributed by atoms with Crippen LogP contribution in [0, 0.1) is 0 Å². The molecule has 0 aromatic rings. The second-order valence-corrected chi connectivity index (χ2v) is 4.12. The zero-order valence-corrected chi connectivity index (χ0v) is 8.16. The number of rotatable bonds is 1. The lowest BCUT2D eigenvalue weighted by Gasteiger charge is -2.55. The van der Waals surface area contributed by atoms with Gasteiger partial charge in [-0.3, -0.25) is 14.4 Å². The van der Waals surface area contributed by atoms with Crippen LogP contribution in [0.3, 0.4) is 0 Å². The van der Waals surface area contributed by atoms with Crippen molar-refractivity contribution in [2.75, 3.05) is 0 Å². The molecule has 1 aliphatic heterocycles. The summed E-state index contributed by atoms with van der Waals surface area (Å²) in [4.78, 5) is 35.1. The summed E-state index contributed by atoms with van der Waals surface area (Å²) in [6.45, 7) is 1.73. The quantitative estimate of drug-likeness (QED) is 0.565. The van der Waals surface area contributed by atoms with Crippen molar-refractivity contribution in [1.29, 1.82) is 0 Å². The number of likely N-dealkylation sites (tertiary alicyclic amines) is 1. The van der Waals surface area contributed by atoms with Crippen LogP contribution in [0.15, 0.2) is 0 Å². The predicted molar refractivity (Wildman–Crippen MR) is 48.6 cm³/mol. The summed E-state index contributed by atoms with van der Waals surface area (Å²) in [5.74, 6) is 0.325. The first-order chi connectivity index (χ1) is 6.62. The van der Waals surface area contributed by atoms with Crippen LogP contribution in [0.4, 0.5) is 0 Å². The van der Waals surface area contributed by atoms with Gasteiger partial charge >= 0.3 is 0 Å². The molecule has 0 radical (unpaired) electrons. The molecule has 1 spiro atoms. The van der Waals surface area contributed by atoms with Crippen LogP contribution >= 0.6 is 0 Å². The van der Waals surface area contributed by atoms with E-state index in [0.717, 1.165) is 6.41 Å². The van der Waals surface area contributed by atoms with Crippen molar-refractivity contribution < 1.29 is 14.4 Å². The Kier molecular flexibility index (Phi) is 1.94. The maximum Gasteiger partial charge on any atom is 0.211 e. The van der Waals surface area contributed by atoms with E-state index in [4.69, 9.17) is 0 Å². The number of ketones is 2. The minimum atomic E-state index is -0.616. The van der Waals surface area contributed by atoms with E-state index in [2.05, 4.69) is 0 Å². The Balaban J connectivity index is 2.19. The van der Waals surface area contributed by atoms with Gasteiger partial charge in [0.2, 0.25) is 6.41 Å². The van der Waals surface area contributed by atoms with Crippen LogP contribution in [-0.2, 0) is 14.4 Å². The van der Waals surface area contributed by atoms with Crippen molar-refractivity contribution in [3.8, 4) is 0 Å². The summed E-state index contributed by atoms with van der Waals surface area (Å²) in [6, 6.07) is -0.291. The van der Waals surface area contributed by atoms with Crippen LogP contribution < -0.4 is 0 Å². The molecule has 2 rings (SSSR count). The van der Waals surface area contributed by atoms with Crippen LogP contribution in [0.25, 0.3) is 0 Å². The minimum Gasteiger partial charge on any atom is -0.323 e. The Labute approximate surface area is 82.3 Å². The van der Waals surface area contributed by atoms with Gasteiger partial charge in [0.25, 0.3) is 0 Å². The van der Waals surface area contributed by atoms with E-state index in [1.165, 1.54) is 0 Å². The lowest BCUT2D eigenvalue weighted by Crippen LogP contribution is -2.73. The highest BCUT2D eigenvalue weighted by Gasteiger charge is 2.58. The molecule has 0 N–H and O–H groups in total. The molecule has 0 bridgehead atoms. The Morgan fingerprint density at radius 1 is 1.36 bits per heavy atom. The fraction of sp³-hybridized carbons (Fsp3) is 0.700. The Morgan fingerprint density at radius 2 is 1.93 bits per heavy atom. The van der Waals surface area contributed by atoms with Crippen LogP contribution in [0.5, 0.6) is 0 Å². The maximum atomic E-state index is 11.7. The minimum absolute atomic E-state index is 0.122. The maximum absolute atomic E-state index is 11.7. The second-order valence-electron chi connectivity index (χ2n) is 4.12. The highest BCUT2D eigenvalue weighted by Crippen LogP contribution is 2.42. The largest absolute Gasteiger partial charge is 0.323 e. The first-order valence-corrected chi connectivity index (χ1v) is 4.91. The smallest absolute Gasteiger partial charge is 0.211 e. The van der Waals surface area contributed by atoms with Gasteiger partial charge in [-0.15, -0.1) is 0 Å². The number of carbonyl (C=O) groups is 3. The first-order valence-electron chi connectivity index (χ1n) is 4.91. The van der Waals surface area contributed by atoms with Gasteiger partial charge in [0.15, 0.2) is 5.78 Å². The normalized spacial score (nSPS) is 30.4. The van der Waals surface area contributed by atoms with Crippen LogP contribution in [-0.4, -0.2) is 34.5 Å². The van der Waals surface area contributed by atoms with Crippen molar-refractivity contribution in [2.24, 2.45) is 0 Å². The monoisotopic (exact) mass is 195 g/mol. The number of hydrogen-bond acceptors (Lipinski definition) is 3. The third-order valence-electron chi connectivity index (χ3n) is 3.50. The van der Waals surface area contributed by atoms with Crippen molar-refractivity contribution >= 4 is 18.0 Å². The van der Waals surface area contributed by atoms with E-state index in [-0.39, 0.29) is 17.6 Å². The predicted octanol–water partition coefficient (Wildman–Crippen LogP) is 0.298. The number of amides is 1. The lowest BCUT2D eigenvalue weighted by atomic mass is 9.68. The van der Waals surface area contributed by atoms with E-state index < -0.39 is 5.54 Å². The Hall–Kier alpha value is -1.19. The Morgan fingerprint density at radius 3 is 2.43 bits per heavy atom. The molecule has 0 aromatic heterocycles. The topological polar surface area (TPSA) is 54.5 Å². The molecular weight excluding hydrogens is 182 g/mol. The van der Waals surface area contributed by atoms with Crippen molar-refractivity contribution in [3.63, 3.8) is 0 Å². The number of Topliss-reactive ketones (excluding diaryl/α,β-unsaturated/α-hetero) is 2. The van der Waals surface area contributed by atoms with Crippen LogP contribution in [0.2, 0.25) is 0 Å². The van der Waals surface area contributed by atoms with E-state index in [1.807, 2.05) is 0 Å². The van der Waals surface area contributed by atoms with Gasteiger partial charge in [0.05, 0.1) is 6.04 Å². The highest BCUT2D eigenvalue weighted by atomic mass is 16.2. The molecule has 1 saturated carbocycles. The zero-order chi connectivity index (χ0) is 10.3. The first kappa shape index (κ1) is 9.37. The Bertz CT molecular complexity index is 300. The second kappa shape index (κ2) is 2.90. The van der Waals surface area contributed by atoms with E-state index in [1.54, 1.807) is 11.8 Å². The SMILES string of the molecule is CC1C(=O)C2(CCC(=O)CC2)N1C=O. The van der Waals surface area contributed by atoms with Crippen LogP contribution in [0.1, 0.15) is 32.6 Å². The third-order valence-corrected chi connectivity index (χ3v) is 3.50. The molecule has 1 heterocycles. The molecule has 4 heteroatoms. The third kappa shape index (κ3) is 0.966. The lowest BCUT2D eigenvalue weighted by molar-refractivity contribution is -0.168. The molecule has 0 aromatic carbocycles. The van der Waals surface area contributed by atoms with Gasteiger partial charge in [0.1, 0.15) is 11.3 Å². The van der Waals surface area contributed by atoms with Gasteiger partial charge in [0, 0.05) is 12.8 Å². The molecule has 1 unspecified atom stereocenters. The van der Waals surface area contributed by atoms with Crippen molar-refractivity contribution in [2.45, 2.75) is 44.2 Å². The number of hydrogen-bond donors (Lipinski definition) is 0. The molecule has 1 saturated heterocycles. The molecule has 14 heavy (non-hydrogen) atoms. The van der Waals surface area contributed by atoms with Gasteiger partial charge in [-0.1, -0.05) is 0 Å². The summed E-state index contributed by atoms with van der Waals surface area (Å²) < 4.78 is 0. The van der Waals surface area contributed by atoms with E-state index in [0.29, 0.717) is 25.7 Å². The molecule has 2 aliphatic rings. The zero-order valence-electron chi connectivity index (χ0n) is 8.16. The molecule has 4 nitrogen and oxygen atoms in total. The van der Waals surface area contributed by atoms with Gasteiger partial charge in [-0.2, -0.15) is 0 Å². The fourth-order valence-electron chi connectivity index (χ4n) is 2.59. The van der Waals surface area contributed by atoms with Gasteiger partial charge in [-0.05, 0) is 19.8 Å². The molecule has 76 valence electrons. The number of carbonyl (C=O) groups excluding carboxylic acids is 3. The van der Waals surface area contributed by atoms with Crippen molar-refractivity contribution in [1.82, 2.24) is 4.90 Å². The average Bonchev–Trinajstić information content (AvgIpc) is 2.21. The summed E-state index contributed by atoms with van der Waals surface area (Å²) in [5, 5.41) is 0. The molecule has 1 aliphatic carbocycles.